The Morgan fingerprint density at radius 3 is 2.67 bits per heavy atom. The van der Waals surface area contributed by atoms with Gasteiger partial charge in [-0.3, -0.25) is 0 Å². The molecule has 1 heterocycles. The third-order valence-corrected chi connectivity index (χ3v) is 5.81. The Labute approximate surface area is 135 Å². The molecule has 0 bridgehead atoms. The van der Waals surface area contributed by atoms with E-state index in [9.17, 15) is 8.42 Å². The topological polar surface area (TPSA) is 75.6 Å². The molecule has 0 saturated carbocycles. The van der Waals surface area contributed by atoms with E-state index in [2.05, 4.69) is 20.7 Å². The van der Waals surface area contributed by atoms with Crippen molar-refractivity contribution >= 4 is 37.3 Å². The average Bonchev–Trinajstić information content (AvgIpc) is 2.90. The zero-order chi connectivity index (χ0) is 15.5. The van der Waals surface area contributed by atoms with Crippen LogP contribution in [0.1, 0.15) is 10.4 Å². The lowest BCUT2D eigenvalue weighted by atomic mass is 10.2. The van der Waals surface area contributed by atoms with Gasteiger partial charge in [-0.15, -0.1) is 11.3 Å². The van der Waals surface area contributed by atoms with E-state index in [-0.39, 0.29) is 23.8 Å². The van der Waals surface area contributed by atoms with Crippen LogP contribution in [-0.2, 0) is 23.2 Å². The molecule has 2 N–H and O–H groups in total. The lowest BCUT2D eigenvalue weighted by Gasteiger charge is -2.11. The molecule has 0 amide bonds. The quantitative estimate of drug-likeness (QED) is 0.792. The zero-order valence-electron chi connectivity index (χ0n) is 11.2. The maximum atomic E-state index is 12.4. The molecule has 8 heteroatoms. The number of aliphatic hydroxyl groups is 1. The highest BCUT2D eigenvalue weighted by atomic mass is 79.9. The van der Waals surface area contributed by atoms with Gasteiger partial charge in [-0.05, 0) is 45.8 Å². The van der Waals surface area contributed by atoms with Crippen LogP contribution in [0.5, 0.6) is 5.75 Å². The summed E-state index contributed by atoms with van der Waals surface area (Å²) in [6.07, 6.45) is 0. The molecule has 21 heavy (non-hydrogen) atoms. The van der Waals surface area contributed by atoms with Crippen LogP contribution >= 0.6 is 27.3 Å². The van der Waals surface area contributed by atoms with Gasteiger partial charge in [0.05, 0.1) is 17.5 Å². The minimum Gasteiger partial charge on any atom is -0.495 e. The molecular formula is C13H14BrNO4S2. The monoisotopic (exact) mass is 391 g/mol. The third-order valence-electron chi connectivity index (χ3n) is 2.77. The summed E-state index contributed by atoms with van der Waals surface area (Å²) in [5.41, 5.74) is 0.509. The van der Waals surface area contributed by atoms with Crippen molar-refractivity contribution in [1.29, 1.82) is 0 Å². The molecule has 0 aliphatic rings. The summed E-state index contributed by atoms with van der Waals surface area (Å²) in [5, 5.41) is 9.14. The van der Waals surface area contributed by atoms with Gasteiger partial charge < -0.3 is 9.84 Å². The van der Waals surface area contributed by atoms with Gasteiger partial charge in [-0.1, -0.05) is 6.07 Å². The molecule has 0 aliphatic heterocycles. The van der Waals surface area contributed by atoms with Gasteiger partial charge in [0.1, 0.15) is 10.6 Å². The first-order valence-corrected chi connectivity index (χ1v) is 9.07. The average molecular weight is 392 g/mol. The van der Waals surface area contributed by atoms with Crippen molar-refractivity contribution in [2.24, 2.45) is 0 Å². The van der Waals surface area contributed by atoms with E-state index in [1.54, 1.807) is 6.07 Å². The first-order valence-electron chi connectivity index (χ1n) is 5.98. The minimum atomic E-state index is -3.72. The minimum absolute atomic E-state index is 0.0205. The second-order valence-electron chi connectivity index (χ2n) is 4.17. The summed E-state index contributed by atoms with van der Waals surface area (Å²) >= 11 is 4.79. The fourth-order valence-corrected chi connectivity index (χ4v) is 4.46. The summed E-state index contributed by atoms with van der Waals surface area (Å²) in [5.74, 6) is 0.243. The molecule has 0 saturated heterocycles. The summed E-state index contributed by atoms with van der Waals surface area (Å²) < 4.78 is 33.3. The summed E-state index contributed by atoms with van der Waals surface area (Å²) in [4.78, 5) is 0.912. The normalized spacial score (nSPS) is 11.6. The molecule has 2 aromatic rings. The molecule has 0 atom stereocenters. The molecule has 5 nitrogen and oxygen atoms in total. The number of hydrogen-bond donors (Lipinski definition) is 2. The zero-order valence-corrected chi connectivity index (χ0v) is 14.4. The number of thiophene rings is 1. The van der Waals surface area contributed by atoms with Crippen molar-refractivity contribution in [3.05, 3.63) is 44.6 Å². The van der Waals surface area contributed by atoms with Crippen LogP contribution in [0.25, 0.3) is 0 Å². The first kappa shape index (κ1) is 16.4. The predicted molar refractivity (Wildman–Crippen MR) is 85.0 cm³/mol. The van der Waals surface area contributed by atoms with Gasteiger partial charge in [0.2, 0.25) is 10.0 Å². The fraction of sp³-hybridized carbons (Fsp3) is 0.231. The fourth-order valence-electron chi connectivity index (χ4n) is 1.72. The molecule has 0 fully saturated rings. The summed E-state index contributed by atoms with van der Waals surface area (Å²) in [6, 6.07) is 8.27. The Bertz CT molecular complexity index is 728. The molecule has 0 aliphatic carbocycles. The lowest BCUT2D eigenvalue weighted by molar-refractivity contribution is 0.281. The molecule has 1 aromatic heterocycles. The van der Waals surface area contributed by atoms with Crippen molar-refractivity contribution in [2.75, 3.05) is 7.11 Å². The maximum absolute atomic E-state index is 12.4. The Hall–Kier alpha value is -0.930. The third kappa shape index (κ3) is 4.04. The number of aliphatic hydroxyl groups excluding tert-OH is 1. The smallest absolute Gasteiger partial charge is 0.244 e. The highest BCUT2D eigenvalue weighted by molar-refractivity contribution is 9.11. The van der Waals surface area contributed by atoms with Crippen LogP contribution in [0.3, 0.4) is 0 Å². The van der Waals surface area contributed by atoms with Crippen molar-refractivity contribution in [2.45, 2.75) is 18.0 Å². The molecule has 0 radical (unpaired) electrons. The highest BCUT2D eigenvalue weighted by Gasteiger charge is 2.20. The Balaban J connectivity index is 2.26. The number of sulfonamides is 1. The molecule has 2 rings (SSSR count). The summed E-state index contributed by atoms with van der Waals surface area (Å²) in [7, 11) is -2.31. The molecule has 0 unspecified atom stereocenters. The molecule has 0 spiro atoms. The SMILES string of the molecule is COc1ccc(CO)cc1S(=O)(=O)NCc1ccc(Br)s1. The highest BCUT2D eigenvalue weighted by Crippen LogP contribution is 2.26. The number of hydrogen-bond acceptors (Lipinski definition) is 5. The second kappa shape index (κ2) is 6.89. The van der Waals surface area contributed by atoms with Crippen LogP contribution < -0.4 is 9.46 Å². The predicted octanol–water partition coefficient (Wildman–Crippen LogP) is 2.49. The first-order chi connectivity index (χ1) is 9.96. The Morgan fingerprint density at radius 1 is 1.33 bits per heavy atom. The number of ether oxygens (including phenoxy) is 1. The number of benzene rings is 1. The Kier molecular flexibility index (Phi) is 5.39. The van der Waals surface area contributed by atoms with Gasteiger partial charge in [0.25, 0.3) is 0 Å². The number of nitrogens with one attached hydrogen (secondary N) is 1. The molecule has 114 valence electrons. The van der Waals surface area contributed by atoms with Crippen molar-refractivity contribution in [3.8, 4) is 5.75 Å². The van der Waals surface area contributed by atoms with E-state index < -0.39 is 10.0 Å². The maximum Gasteiger partial charge on any atom is 0.244 e. The second-order valence-corrected chi connectivity index (χ2v) is 8.46. The van der Waals surface area contributed by atoms with Gasteiger partial charge in [-0.25, -0.2) is 13.1 Å². The van der Waals surface area contributed by atoms with Crippen LogP contribution in [0, 0.1) is 0 Å². The van der Waals surface area contributed by atoms with E-state index in [4.69, 9.17) is 9.84 Å². The summed E-state index contributed by atoms with van der Waals surface area (Å²) in [6.45, 7) is -0.0322. The molecular weight excluding hydrogens is 378 g/mol. The van der Waals surface area contributed by atoms with Gasteiger partial charge in [0, 0.05) is 11.4 Å². The van der Waals surface area contributed by atoms with Crippen LogP contribution in [0.4, 0.5) is 0 Å². The number of methoxy groups -OCH3 is 1. The van der Waals surface area contributed by atoms with Gasteiger partial charge in [0.15, 0.2) is 0 Å². The van der Waals surface area contributed by atoms with E-state index >= 15 is 0 Å². The van der Waals surface area contributed by atoms with E-state index in [1.165, 1.54) is 30.6 Å². The number of rotatable bonds is 6. The largest absolute Gasteiger partial charge is 0.495 e. The van der Waals surface area contributed by atoms with E-state index in [0.717, 1.165) is 8.66 Å². The molecule has 1 aromatic carbocycles. The van der Waals surface area contributed by atoms with E-state index in [1.807, 2.05) is 12.1 Å². The number of halogens is 1. The van der Waals surface area contributed by atoms with Gasteiger partial charge in [-0.2, -0.15) is 0 Å². The van der Waals surface area contributed by atoms with Crippen molar-refractivity contribution in [1.82, 2.24) is 4.72 Å². The Morgan fingerprint density at radius 2 is 2.10 bits per heavy atom. The van der Waals surface area contributed by atoms with Crippen molar-refractivity contribution < 1.29 is 18.3 Å². The van der Waals surface area contributed by atoms with E-state index in [0.29, 0.717) is 5.56 Å². The standard InChI is InChI=1S/C13H14BrNO4S2/c1-19-11-4-2-9(8-16)6-12(11)21(17,18)15-7-10-3-5-13(14)20-10/h2-6,15-16H,7-8H2,1H3. The van der Waals surface area contributed by atoms with Crippen molar-refractivity contribution in [3.63, 3.8) is 0 Å². The van der Waals surface area contributed by atoms with Crippen LogP contribution in [0.15, 0.2) is 39.0 Å². The van der Waals surface area contributed by atoms with Crippen LogP contribution in [0.2, 0.25) is 0 Å². The van der Waals surface area contributed by atoms with Gasteiger partial charge >= 0.3 is 0 Å². The van der Waals surface area contributed by atoms with Crippen LogP contribution in [-0.4, -0.2) is 20.6 Å². The lowest BCUT2D eigenvalue weighted by Crippen LogP contribution is -2.23.